The highest BCUT2D eigenvalue weighted by Crippen LogP contribution is 2.26. The quantitative estimate of drug-likeness (QED) is 0.802. The predicted octanol–water partition coefficient (Wildman–Crippen LogP) is 2.26. The third-order valence-corrected chi connectivity index (χ3v) is 3.51. The van der Waals surface area contributed by atoms with Gasteiger partial charge in [-0.15, -0.1) is 0 Å². The van der Waals surface area contributed by atoms with E-state index in [1.165, 1.54) is 29.4 Å². The van der Waals surface area contributed by atoms with Gasteiger partial charge in [0, 0.05) is 12.2 Å². The fourth-order valence-electron chi connectivity index (χ4n) is 2.05. The van der Waals surface area contributed by atoms with Gasteiger partial charge >= 0.3 is 5.97 Å². The second kappa shape index (κ2) is 6.57. The van der Waals surface area contributed by atoms with Crippen molar-refractivity contribution in [2.24, 2.45) is 0 Å². The van der Waals surface area contributed by atoms with E-state index in [1.807, 2.05) is 0 Å². The molecule has 1 aromatic carbocycles. The van der Waals surface area contributed by atoms with Crippen molar-refractivity contribution < 1.29 is 14.6 Å². The van der Waals surface area contributed by atoms with E-state index in [-0.39, 0.29) is 6.42 Å². The Balaban J connectivity index is 2.75. The molecule has 0 radical (unpaired) electrons. The summed E-state index contributed by atoms with van der Waals surface area (Å²) in [6, 6.07) is 2.15. The van der Waals surface area contributed by atoms with Gasteiger partial charge in [-0.1, -0.05) is 6.07 Å². The Hall–Kier alpha value is -1.55. The van der Waals surface area contributed by atoms with Crippen LogP contribution in [0.1, 0.15) is 28.7 Å². The van der Waals surface area contributed by atoms with Crippen molar-refractivity contribution >= 4 is 11.7 Å². The Morgan fingerprint density at radius 2 is 1.79 bits per heavy atom. The van der Waals surface area contributed by atoms with E-state index < -0.39 is 12.1 Å². The molecule has 0 aliphatic heterocycles. The predicted molar refractivity (Wildman–Crippen MR) is 76.5 cm³/mol. The number of hydrogen-bond donors (Lipinski definition) is 2. The minimum Gasteiger partial charge on any atom is -0.469 e. The van der Waals surface area contributed by atoms with Gasteiger partial charge in [0.1, 0.15) is 0 Å². The lowest BCUT2D eigenvalue weighted by molar-refractivity contribution is -0.142. The van der Waals surface area contributed by atoms with Crippen LogP contribution in [0.4, 0.5) is 5.69 Å². The van der Waals surface area contributed by atoms with Crippen molar-refractivity contribution in [2.45, 2.75) is 40.2 Å². The number of benzene rings is 1. The number of aryl methyl sites for hydroxylation is 2. The molecule has 1 unspecified atom stereocenters. The standard InChI is InChI=1S/C15H23NO3/c1-9-6-10(2)12(4)15(11(9)3)16-8-13(17)7-14(18)19-5/h6,13,16-17H,7-8H2,1-5H3. The van der Waals surface area contributed by atoms with Crippen LogP contribution in [0.5, 0.6) is 0 Å². The molecule has 2 N–H and O–H groups in total. The molecule has 0 fully saturated rings. The fourth-order valence-corrected chi connectivity index (χ4v) is 2.05. The highest BCUT2D eigenvalue weighted by molar-refractivity contribution is 5.70. The first kappa shape index (κ1) is 15.5. The highest BCUT2D eigenvalue weighted by atomic mass is 16.5. The minimum absolute atomic E-state index is 0.00634. The number of carbonyl (C=O) groups excluding carboxylic acids is 1. The van der Waals surface area contributed by atoms with Gasteiger partial charge in [0.2, 0.25) is 0 Å². The molecule has 106 valence electrons. The van der Waals surface area contributed by atoms with Crippen LogP contribution in [0, 0.1) is 27.7 Å². The van der Waals surface area contributed by atoms with Crippen molar-refractivity contribution in [2.75, 3.05) is 19.0 Å². The van der Waals surface area contributed by atoms with E-state index in [0.717, 1.165) is 5.69 Å². The summed E-state index contributed by atoms with van der Waals surface area (Å²) in [5.74, 6) is -0.400. The first-order chi connectivity index (χ1) is 8.86. The van der Waals surface area contributed by atoms with Gasteiger partial charge < -0.3 is 15.2 Å². The average molecular weight is 265 g/mol. The normalized spacial score (nSPS) is 12.1. The molecular formula is C15H23NO3. The molecule has 4 heteroatoms. The Labute approximate surface area is 114 Å². The molecule has 1 rings (SSSR count). The Kier molecular flexibility index (Phi) is 5.36. The summed E-state index contributed by atoms with van der Waals surface area (Å²) in [5.41, 5.74) is 5.82. The lowest BCUT2D eigenvalue weighted by Crippen LogP contribution is -2.24. The molecule has 4 nitrogen and oxygen atoms in total. The zero-order chi connectivity index (χ0) is 14.6. The summed E-state index contributed by atoms with van der Waals surface area (Å²) in [5, 5.41) is 13.0. The second-order valence-corrected chi connectivity index (χ2v) is 4.95. The lowest BCUT2D eigenvalue weighted by atomic mass is 9.98. The maximum atomic E-state index is 11.1. The number of esters is 1. The van der Waals surface area contributed by atoms with Crippen LogP contribution in [-0.4, -0.2) is 30.8 Å². The summed E-state index contributed by atoms with van der Waals surface area (Å²) in [7, 11) is 1.32. The van der Waals surface area contributed by atoms with Crippen LogP contribution in [0.25, 0.3) is 0 Å². The molecule has 1 aromatic rings. The summed E-state index contributed by atoms with van der Waals surface area (Å²) in [6.45, 7) is 8.57. The van der Waals surface area contributed by atoms with E-state index in [9.17, 15) is 9.90 Å². The summed E-state index contributed by atoms with van der Waals surface area (Å²) in [6.07, 6.45) is -0.737. The molecule has 19 heavy (non-hydrogen) atoms. The molecule has 0 aliphatic rings. The third-order valence-electron chi connectivity index (χ3n) is 3.51. The van der Waals surface area contributed by atoms with Crippen LogP contribution >= 0.6 is 0 Å². The molecule has 0 saturated carbocycles. The first-order valence-corrected chi connectivity index (χ1v) is 6.43. The number of aliphatic hydroxyl groups is 1. The Bertz CT molecular complexity index is 443. The molecule has 0 amide bonds. The van der Waals surface area contributed by atoms with E-state index in [0.29, 0.717) is 6.54 Å². The zero-order valence-corrected chi connectivity index (χ0v) is 12.3. The van der Waals surface area contributed by atoms with Gasteiger partial charge in [-0.2, -0.15) is 0 Å². The largest absolute Gasteiger partial charge is 0.469 e. The van der Waals surface area contributed by atoms with Crippen molar-refractivity contribution in [3.05, 3.63) is 28.3 Å². The average Bonchev–Trinajstić information content (AvgIpc) is 2.36. The van der Waals surface area contributed by atoms with Crippen LogP contribution in [-0.2, 0) is 9.53 Å². The number of aliphatic hydroxyl groups excluding tert-OH is 1. The van der Waals surface area contributed by atoms with E-state index in [4.69, 9.17) is 0 Å². The number of hydrogen-bond acceptors (Lipinski definition) is 4. The van der Waals surface area contributed by atoms with Crippen LogP contribution < -0.4 is 5.32 Å². The molecule has 0 bridgehead atoms. The van der Waals surface area contributed by atoms with Crippen molar-refractivity contribution in [1.29, 1.82) is 0 Å². The van der Waals surface area contributed by atoms with Crippen LogP contribution in [0.2, 0.25) is 0 Å². The van der Waals surface area contributed by atoms with Gasteiger partial charge in [-0.25, -0.2) is 0 Å². The molecule has 0 saturated heterocycles. The van der Waals surface area contributed by atoms with E-state index in [2.05, 4.69) is 43.8 Å². The second-order valence-electron chi connectivity index (χ2n) is 4.95. The SMILES string of the molecule is COC(=O)CC(O)CNc1c(C)c(C)cc(C)c1C. The van der Waals surface area contributed by atoms with Gasteiger partial charge in [0.05, 0.1) is 19.6 Å². The maximum Gasteiger partial charge on any atom is 0.308 e. The number of methoxy groups -OCH3 is 1. The third kappa shape index (κ3) is 3.96. The van der Waals surface area contributed by atoms with Gasteiger partial charge in [0.15, 0.2) is 0 Å². The number of ether oxygens (including phenoxy) is 1. The van der Waals surface area contributed by atoms with Crippen molar-refractivity contribution in [3.8, 4) is 0 Å². The number of nitrogens with one attached hydrogen (secondary N) is 1. The number of rotatable bonds is 5. The highest BCUT2D eigenvalue weighted by Gasteiger charge is 2.13. The fraction of sp³-hybridized carbons (Fsp3) is 0.533. The smallest absolute Gasteiger partial charge is 0.308 e. The van der Waals surface area contributed by atoms with Gasteiger partial charge in [0.25, 0.3) is 0 Å². The van der Waals surface area contributed by atoms with E-state index in [1.54, 1.807) is 0 Å². The summed E-state index contributed by atoms with van der Waals surface area (Å²) in [4.78, 5) is 11.1. The Morgan fingerprint density at radius 1 is 1.26 bits per heavy atom. The molecule has 1 atom stereocenters. The van der Waals surface area contributed by atoms with Gasteiger partial charge in [-0.05, 0) is 49.9 Å². The van der Waals surface area contributed by atoms with E-state index >= 15 is 0 Å². The molecule has 0 heterocycles. The molecular weight excluding hydrogens is 242 g/mol. The Morgan fingerprint density at radius 3 is 2.26 bits per heavy atom. The minimum atomic E-state index is -0.743. The maximum absolute atomic E-state index is 11.1. The van der Waals surface area contributed by atoms with Crippen LogP contribution in [0.15, 0.2) is 6.07 Å². The van der Waals surface area contributed by atoms with Crippen molar-refractivity contribution in [3.63, 3.8) is 0 Å². The van der Waals surface area contributed by atoms with Crippen molar-refractivity contribution in [1.82, 2.24) is 0 Å². The monoisotopic (exact) mass is 265 g/mol. The zero-order valence-electron chi connectivity index (χ0n) is 12.3. The number of carbonyl (C=O) groups is 1. The molecule has 0 spiro atoms. The number of anilines is 1. The first-order valence-electron chi connectivity index (χ1n) is 6.43. The summed E-state index contributed by atoms with van der Waals surface area (Å²) < 4.78 is 4.53. The lowest BCUT2D eigenvalue weighted by Gasteiger charge is -2.18. The van der Waals surface area contributed by atoms with Gasteiger partial charge in [-0.3, -0.25) is 4.79 Å². The van der Waals surface area contributed by atoms with Crippen LogP contribution in [0.3, 0.4) is 0 Å². The molecule has 0 aromatic heterocycles. The molecule has 0 aliphatic carbocycles. The topological polar surface area (TPSA) is 58.6 Å². The summed E-state index contributed by atoms with van der Waals surface area (Å²) >= 11 is 0.